The van der Waals surface area contributed by atoms with Crippen LogP contribution in [-0.2, 0) is 4.74 Å². The number of nitrogens with zero attached hydrogens (tertiary/aromatic N) is 5. The number of aromatic nitrogens is 5. The number of hydrogen-bond acceptors (Lipinski definition) is 10. The zero-order valence-electron chi connectivity index (χ0n) is 19.2. The molecule has 1 N–H and O–H groups in total. The fourth-order valence-electron chi connectivity index (χ4n) is 3.41. The van der Waals surface area contributed by atoms with Crippen LogP contribution >= 0.6 is 11.3 Å². The first kappa shape index (κ1) is 23.3. The second-order valence-electron chi connectivity index (χ2n) is 7.56. The summed E-state index contributed by atoms with van der Waals surface area (Å²) in [5.74, 6) is -0.460. The molecule has 0 saturated carbocycles. The molecule has 0 unspecified atom stereocenters. The molecule has 182 valence electrons. The van der Waals surface area contributed by atoms with Crippen LogP contribution in [-0.4, -0.2) is 51.3 Å². The standard InChI is InChI=1S/C24H19FN6O4S/c1-13-8-15(20-17(9-13)29-19(33-2)12-27-20)22-30-18-10-16(25)21(31-23(18)36-22)34-6-7-35-24(32)28-14-4-3-5-26-11-14/h3-5,8-12H,6-7H2,1-2H3,(H,28,32). The molecule has 4 aromatic heterocycles. The van der Waals surface area contributed by atoms with Crippen molar-refractivity contribution in [3.05, 3.63) is 60.3 Å². The van der Waals surface area contributed by atoms with E-state index in [1.54, 1.807) is 18.3 Å². The quantitative estimate of drug-likeness (QED) is 0.311. The summed E-state index contributed by atoms with van der Waals surface area (Å²) in [5, 5.41) is 3.15. The Morgan fingerprint density at radius 1 is 1.11 bits per heavy atom. The van der Waals surface area contributed by atoms with Gasteiger partial charge in [0.2, 0.25) is 5.88 Å². The fourth-order valence-corrected chi connectivity index (χ4v) is 4.34. The topological polar surface area (TPSA) is 121 Å². The van der Waals surface area contributed by atoms with E-state index in [0.717, 1.165) is 11.1 Å². The number of nitrogens with one attached hydrogen (secondary N) is 1. The zero-order valence-corrected chi connectivity index (χ0v) is 20.0. The summed E-state index contributed by atoms with van der Waals surface area (Å²) in [6.45, 7) is 1.76. The summed E-state index contributed by atoms with van der Waals surface area (Å²) in [7, 11) is 1.53. The van der Waals surface area contributed by atoms with E-state index in [-0.39, 0.29) is 19.1 Å². The van der Waals surface area contributed by atoms with Gasteiger partial charge < -0.3 is 14.2 Å². The third kappa shape index (κ3) is 4.98. The number of halogens is 1. The summed E-state index contributed by atoms with van der Waals surface area (Å²) < 4.78 is 30.3. The molecule has 0 saturated heterocycles. The van der Waals surface area contributed by atoms with Gasteiger partial charge in [-0.25, -0.2) is 24.1 Å². The maximum atomic E-state index is 14.6. The van der Waals surface area contributed by atoms with Crippen molar-refractivity contribution in [2.24, 2.45) is 0 Å². The molecule has 0 bridgehead atoms. The fraction of sp³-hybridized carbons (Fsp3) is 0.167. The van der Waals surface area contributed by atoms with Crippen LogP contribution < -0.4 is 14.8 Å². The maximum absolute atomic E-state index is 14.6. The smallest absolute Gasteiger partial charge is 0.411 e. The number of hydrogen-bond donors (Lipinski definition) is 1. The van der Waals surface area contributed by atoms with Crippen molar-refractivity contribution in [2.75, 3.05) is 25.6 Å². The van der Waals surface area contributed by atoms with Gasteiger partial charge in [-0.05, 0) is 36.8 Å². The predicted molar refractivity (Wildman–Crippen MR) is 132 cm³/mol. The number of anilines is 1. The average molecular weight is 507 g/mol. The third-order valence-electron chi connectivity index (χ3n) is 4.98. The molecule has 0 atom stereocenters. The number of carbonyl (C=O) groups excluding carboxylic acids is 1. The summed E-state index contributed by atoms with van der Waals surface area (Å²) in [5.41, 5.74) is 3.93. The molecule has 0 aliphatic heterocycles. The first-order valence-corrected chi connectivity index (χ1v) is 11.6. The number of amides is 1. The maximum Gasteiger partial charge on any atom is 0.411 e. The van der Waals surface area contributed by atoms with Gasteiger partial charge in [-0.3, -0.25) is 10.3 Å². The van der Waals surface area contributed by atoms with E-state index in [1.165, 1.54) is 36.9 Å². The van der Waals surface area contributed by atoms with Gasteiger partial charge in [-0.2, -0.15) is 4.98 Å². The van der Waals surface area contributed by atoms with Crippen molar-refractivity contribution < 1.29 is 23.4 Å². The lowest BCUT2D eigenvalue weighted by Crippen LogP contribution is -2.18. The summed E-state index contributed by atoms with van der Waals surface area (Å²) >= 11 is 1.28. The Morgan fingerprint density at radius 2 is 2.00 bits per heavy atom. The third-order valence-corrected chi connectivity index (χ3v) is 5.98. The number of carbonyl (C=O) groups is 1. The Labute approximate surface area is 208 Å². The molecule has 10 nitrogen and oxygen atoms in total. The summed E-state index contributed by atoms with van der Waals surface area (Å²) in [6.07, 6.45) is 3.94. The molecule has 1 aromatic carbocycles. The molecule has 0 fully saturated rings. The van der Waals surface area contributed by atoms with Gasteiger partial charge >= 0.3 is 6.09 Å². The van der Waals surface area contributed by atoms with Crippen molar-refractivity contribution in [2.45, 2.75) is 6.92 Å². The van der Waals surface area contributed by atoms with E-state index in [0.29, 0.717) is 38.0 Å². The Kier molecular flexibility index (Phi) is 6.50. The van der Waals surface area contributed by atoms with Gasteiger partial charge in [0, 0.05) is 17.8 Å². The Bertz CT molecular complexity index is 1560. The van der Waals surface area contributed by atoms with Crippen LogP contribution in [0.2, 0.25) is 0 Å². The lowest BCUT2D eigenvalue weighted by molar-refractivity contribution is 0.135. The van der Waals surface area contributed by atoms with E-state index in [9.17, 15) is 9.18 Å². The van der Waals surface area contributed by atoms with Crippen LogP contribution in [0.15, 0.2) is 48.9 Å². The van der Waals surface area contributed by atoms with E-state index in [1.807, 2.05) is 19.1 Å². The van der Waals surface area contributed by atoms with Gasteiger partial charge in [-0.15, -0.1) is 0 Å². The molecule has 1 amide bonds. The number of aryl methyl sites for hydroxylation is 1. The molecule has 0 spiro atoms. The molecule has 0 aliphatic carbocycles. The molecule has 12 heteroatoms. The second-order valence-corrected chi connectivity index (χ2v) is 8.54. The molecule has 36 heavy (non-hydrogen) atoms. The van der Waals surface area contributed by atoms with Gasteiger partial charge in [-0.1, -0.05) is 11.3 Å². The number of rotatable bonds is 7. The molecular formula is C24H19FN6O4S. The molecule has 5 aromatic rings. The number of methoxy groups -OCH3 is 1. The average Bonchev–Trinajstić information content (AvgIpc) is 3.28. The number of thiazole rings is 1. The molecule has 5 rings (SSSR count). The summed E-state index contributed by atoms with van der Waals surface area (Å²) in [4.78, 5) is 34.0. The highest BCUT2D eigenvalue weighted by Crippen LogP contribution is 2.35. The second kappa shape index (κ2) is 10.0. The number of benzene rings is 1. The van der Waals surface area contributed by atoms with Gasteiger partial charge in [0.15, 0.2) is 5.82 Å². The first-order chi connectivity index (χ1) is 17.5. The van der Waals surface area contributed by atoms with Crippen LogP contribution in [0.4, 0.5) is 14.9 Å². The van der Waals surface area contributed by atoms with E-state index < -0.39 is 11.9 Å². The highest BCUT2D eigenvalue weighted by molar-refractivity contribution is 7.21. The molecule has 4 heterocycles. The Hall–Kier alpha value is -4.45. The van der Waals surface area contributed by atoms with Crippen molar-refractivity contribution in [1.29, 1.82) is 0 Å². The highest BCUT2D eigenvalue weighted by atomic mass is 32.1. The monoisotopic (exact) mass is 506 g/mol. The van der Waals surface area contributed by atoms with E-state index >= 15 is 0 Å². The Morgan fingerprint density at radius 3 is 2.81 bits per heavy atom. The van der Waals surface area contributed by atoms with Crippen LogP contribution in [0.3, 0.4) is 0 Å². The van der Waals surface area contributed by atoms with Crippen LogP contribution in [0.25, 0.3) is 32.0 Å². The zero-order chi connectivity index (χ0) is 25.1. The van der Waals surface area contributed by atoms with Crippen molar-refractivity contribution in [1.82, 2.24) is 24.9 Å². The van der Waals surface area contributed by atoms with Gasteiger partial charge in [0.25, 0.3) is 5.88 Å². The molecule has 0 aliphatic rings. The predicted octanol–water partition coefficient (Wildman–Crippen LogP) is 4.78. The number of ether oxygens (including phenoxy) is 3. The van der Waals surface area contributed by atoms with Crippen molar-refractivity contribution in [3.63, 3.8) is 0 Å². The number of fused-ring (bicyclic) bond motifs is 2. The lowest BCUT2D eigenvalue weighted by Gasteiger charge is -2.08. The van der Waals surface area contributed by atoms with E-state index in [2.05, 4.69) is 30.2 Å². The first-order valence-electron chi connectivity index (χ1n) is 10.8. The number of pyridine rings is 2. The van der Waals surface area contributed by atoms with Crippen molar-refractivity contribution in [3.8, 4) is 22.3 Å². The van der Waals surface area contributed by atoms with Gasteiger partial charge in [0.1, 0.15) is 28.6 Å². The SMILES string of the molecule is COc1cnc2c(-c3nc4cc(F)c(OCCOC(=O)Nc5cccnc5)nc4s3)cc(C)cc2n1. The largest absolute Gasteiger partial charge is 0.480 e. The lowest BCUT2D eigenvalue weighted by atomic mass is 10.1. The van der Waals surface area contributed by atoms with Crippen LogP contribution in [0, 0.1) is 12.7 Å². The summed E-state index contributed by atoms with van der Waals surface area (Å²) in [6, 6.07) is 8.47. The van der Waals surface area contributed by atoms with Crippen molar-refractivity contribution >= 4 is 44.5 Å². The van der Waals surface area contributed by atoms with Gasteiger partial charge in [0.05, 0.1) is 36.2 Å². The minimum Gasteiger partial charge on any atom is -0.480 e. The molecular weight excluding hydrogens is 487 g/mol. The minimum absolute atomic E-state index is 0.0819. The Balaban J connectivity index is 1.31. The minimum atomic E-state index is -0.673. The normalized spacial score (nSPS) is 11.0. The van der Waals surface area contributed by atoms with E-state index in [4.69, 9.17) is 14.2 Å². The van der Waals surface area contributed by atoms with Crippen LogP contribution in [0.5, 0.6) is 11.8 Å². The van der Waals surface area contributed by atoms with Crippen LogP contribution in [0.1, 0.15) is 5.56 Å². The molecule has 0 radical (unpaired) electrons. The highest BCUT2D eigenvalue weighted by Gasteiger charge is 2.17.